The number of anilines is 2. The largest absolute Gasteiger partial charge is 0.506 e. The molecule has 1 saturated heterocycles. The molecule has 0 bridgehead atoms. The van der Waals surface area contributed by atoms with Gasteiger partial charge in [0.1, 0.15) is 5.75 Å². The molecule has 160 valence electrons. The molecule has 31 heavy (non-hydrogen) atoms. The first-order valence-electron chi connectivity index (χ1n) is 10.8. The minimum atomic E-state index is 0.262. The number of nitrogens with zero attached hydrogens (tertiary/aromatic N) is 3. The van der Waals surface area contributed by atoms with Crippen molar-refractivity contribution >= 4 is 23.1 Å². The standard InChI is InChI=1S/C25H28N4OS/c1-27-13-15-28(16-14-27)18-19-6-2-4-8-22(19)29-12-10-21(25-23(29)11-17-31-25)26-20-7-3-5-9-24(20)30/h2-12,26,30H,13-18H2,1H3. The first-order valence-corrected chi connectivity index (χ1v) is 11.8. The third-order valence-corrected chi connectivity index (χ3v) is 7.10. The molecule has 0 spiro atoms. The highest BCUT2D eigenvalue weighted by Crippen LogP contribution is 2.43. The van der Waals surface area contributed by atoms with Crippen molar-refractivity contribution in [3.8, 4) is 5.75 Å². The van der Waals surface area contributed by atoms with Gasteiger partial charge in [-0.1, -0.05) is 30.3 Å². The summed E-state index contributed by atoms with van der Waals surface area (Å²) in [6, 6.07) is 16.1. The zero-order chi connectivity index (χ0) is 21.2. The number of benzene rings is 2. The highest BCUT2D eigenvalue weighted by molar-refractivity contribution is 8.03. The van der Waals surface area contributed by atoms with Crippen LogP contribution < -0.4 is 10.2 Å². The van der Waals surface area contributed by atoms with Crippen molar-refractivity contribution in [1.29, 1.82) is 0 Å². The van der Waals surface area contributed by atoms with Gasteiger partial charge in [0.25, 0.3) is 0 Å². The van der Waals surface area contributed by atoms with Crippen LogP contribution in [0.5, 0.6) is 5.75 Å². The number of rotatable bonds is 5. The van der Waals surface area contributed by atoms with E-state index in [9.17, 15) is 5.11 Å². The lowest BCUT2D eigenvalue weighted by atomic mass is 10.1. The number of phenols is 1. The number of para-hydroxylation sites is 3. The number of fused-ring (bicyclic) bond motifs is 1. The molecule has 3 aliphatic rings. The highest BCUT2D eigenvalue weighted by Gasteiger charge is 2.27. The lowest BCUT2D eigenvalue weighted by Crippen LogP contribution is -2.44. The van der Waals surface area contributed by atoms with Gasteiger partial charge in [-0.2, -0.15) is 0 Å². The summed E-state index contributed by atoms with van der Waals surface area (Å²) in [4.78, 5) is 8.48. The Bertz CT molecular complexity index is 1050. The molecule has 0 atom stereocenters. The van der Waals surface area contributed by atoms with Gasteiger partial charge < -0.3 is 20.2 Å². The molecule has 0 saturated carbocycles. The van der Waals surface area contributed by atoms with Crippen molar-refractivity contribution in [1.82, 2.24) is 9.80 Å². The van der Waals surface area contributed by atoms with Gasteiger partial charge >= 0.3 is 0 Å². The van der Waals surface area contributed by atoms with E-state index in [2.05, 4.69) is 69.7 Å². The van der Waals surface area contributed by atoms with Crippen LogP contribution in [-0.2, 0) is 6.54 Å². The molecule has 3 heterocycles. The number of aromatic hydroxyl groups is 1. The van der Waals surface area contributed by atoms with Crippen LogP contribution in [0, 0.1) is 0 Å². The Balaban J connectivity index is 1.40. The molecule has 0 radical (unpaired) electrons. The zero-order valence-corrected chi connectivity index (χ0v) is 18.6. The third kappa shape index (κ3) is 4.24. The van der Waals surface area contributed by atoms with E-state index in [-0.39, 0.29) is 5.75 Å². The second-order valence-corrected chi connectivity index (χ2v) is 9.21. The fraction of sp³-hybridized carbons (Fsp3) is 0.280. The summed E-state index contributed by atoms with van der Waals surface area (Å²) in [6.45, 7) is 5.44. The molecule has 2 aromatic carbocycles. The summed E-state index contributed by atoms with van der Waals surface area (Å²) in [6.07, 6.45) is 6.55. The van der Waals surface area contributed by atoms with Crippen molar-refractivity contribution in [3.63, 3.8) is 0 Å². The van der Waals surface area contributed by atoms with Gasteiger partial charge in [0.05, 0.1) is 27.7 Å². The van der Waals surface area contributed by atoms with Gasteiger partial charge in [-0.3, -0.25) is 4.90 Å². The Hall–Kier alpha value is -2.67. The van der Waals surface area contributed by atoms with Crippen LogP contribution in [0.4, 0.5) is 11.4 Å². The summed E-state index contributed by atoms with van der Waals surface area (Å²) in [5, 5.41) is 13.6. The van der Waals surface area contributed by atoms with E-state index in [1.807, 2.05) is 30.0 Å². The molecule has 5 rings (SSSR count). The van der Waals surface area contributed by atoms with Crippen molar-refractivity contribution in [3.05, 3.63) is 88.7 Å². The van der Waals surface area contributed by atoms with Crippen molar-refractivity contribution < 1.29 is 5.11 Å². The number of likely N-dealkylation sites (N-methyl/N-ethyl adjacent to an activating group) is 1. The Morgan fingerprint density at radius 3 is 2.61 bits per heavy atom. The lowest BCUT2D eigenvalue weighted by Gasteiger charge is -2.34. The van der Waals surface area contributed by atoms with Gasteiger partial charge in [0, 0.05) is 44.7 Å². The molecular formula is C25H28N4OS. The molecular weight excluding hydrogens is 404 g/mol. The van der Waals surface area contributed by atoms with Crippen molar-refractivity contribution in [2.24, 2.45) is 0 Å². The van der Waals surface area contributed by atoms with Gasteiger partial charge in [0.2, 0.25) is 0 Å². The predicted octanol–water partition coefficient (Wildman–Crippen LogP) is 4.43. The second-order valence-electron chi connectivity index (χ2n) is 8.18. The molecule has 0 aliphatic carbocycles. The van der Waals surface area contributed by atoms with Crippen LogP contribution >= 0.6 is 11.8 Å². The van der Waals surface area contributed by atoms with Crippen LogP contribution in [0.25, 0.3) is 0 Å². The van der Waals surface area contributed by atoms with Gasteiger partial charge in [-0.25, -0.2) is 0 Å². The Labute approximate surface area is 188 Å². The van der Waals surface area contributed by atoms with E-state index in [1.165, 1.54) is 21.9 Å². The fourth-order valence-corrected chi connectivity index (χ4v) is 5.27. The monoisotopic (exact) mass is 432 g/mol. The molecule has 0 unspecified atom stereocenters. The lowest BCUT2D eigenvalue weighted by molar-refractivity contribution is 0.148. The van der Waals surface area contributed by atoms with Crippen LogP contribution in [0.1, 0.15) is 5.56 Å². The van der Waals surface area contributed by atoms with E-state index < -0.39 is 0 Å². The van der Waals surface area contributed by atoms with Gasteiger partial charge in [-0.05, 0) is 43.0 Å². The number of nitrogens with one attached hydrogen (secondary N) is 1. The number of phenolic OH excluding ortho intramolecular Hbond substituents is 1. The van der Waals surface area contributed by atoms with Gasteiger partial charge in [0.15, 0.2) is 0 Å². The minimum absolute atomic E-state index is 0.262. The number of thioether (sulfide) groups is 1. The Kier molecular flexibility index (Phi) is 5.76. The summed E-state index contributed by atoms with van der Waals surface area (Å²) in [7, 11) is 2.20. The van der Waals surface area contributed by atoms with Crippen molar-refractivity contribution in [2.75, 3.05) is 49.2 Å². The molecule has 2 aromatic rings. The average molecular weight is 433 g/mol. The zero-order valence-electron chi connectivity index (χ0n) is 17.8. The quantitative estimate of drug-likeness (QED) is 0.682. The van der Waals surface area contributed by atoms with E-state index >= 15 is 0 Å². The summed E-state index contributed by atoms with van der Waals surface area (Å²) >= 11 is 1.83. The van der Waals surface area contributed by atoms with Gasteiger partial charge in [-0.15, -0.1) is 11.8 Å². The first-order chi connectivity index (χ1) is 15.2. The summed E-state index contributed by atoms with van der Waals surface area (Å²) in [5.41, 5.74) is 5.57. The topological polar surface area (TPSA) is 42.0 Å². The fourth-order valence-electron chi connectivity index (χ4n) is 4.26. The molecule has 0 aromatic heterocycles. The number of allylic oxidation sites excluding steroid dienone is 1. The normalized spacial score (nSPS) is 19.5. The maximum atomic E-state index is 10.2. The Morgan fingerprint density at radius 1 is 1.00 bits per heavy atom. The molecule has 2 N–H and O–H groups in total. The number of hydrogen-bond acceptors (Lipinski definition) is 6. The molecule has 5 nitrogen and oxygen atoms in total. The van der Waals surface area contributed by atoms with E-state index in [0.717, 1.165) is 49.9 Å². The Morgan fingerprint density at radius 2 is 1.77 bits per heavy atom. The number of piperazine rings is 1. The smallest absolute Gasteiger partial charge is 0.139 e. The van der Waals surface area contributed by atoms with E-state index in [0.29, 0.717) is 0 Å². The molecule has 6 heteroatoms. The minimum Gasteiger partial charge on any atom is -0.506 e. The average Bonchev–Trinajstić information content (AvgIpc) is 3.28. The molecule has 3 aliphatic heterocycles. The molecule has 0 amide bonds. The van der Waals surface area contributed by atoms with E-state index in [1.54, 1.807) is 6.07 Å². The van der Waals surface area contributed by atoms with E-state index in [4.69, 9.17) is 0 Å². The highest BCUT2D eigenvalue weighted by atomic mass is 32.2. The summed E-state index contributed by atoms with van der Waals surface area (Å²) in [5.74, 6) is 1.22. The predicted molar refractivity (Wildman–Crippen MR) is 130 cm³/mol. The maximum Gasteiger partial charge on any atom is 0.139 e. The first kappa shape index (κ1) is 20.2. The van der Waals surface area contributed by atoms with Crippen LogP contribution in [0.2, 0.25) is 0 Å². The van der Waals surface area contributed by atoms with Crippen LogP contribution in [0.3, 0.4) is 0 Å². The molecule has 1 fully saturated rings. The SMILES string of the molecule is CN1CCN(Cc2ccccc2N2C=CC(Nc3ccccc3O)=C3SCC=C32)CC1. The van der Waals surface area contributed by atoms with Crippen LogP contribution in [0.15, 0.2) is 83.2 Å². The third-order valence-electron chi connectivity index (χ3n) is 6.05. The van der Waals surface area contributed by atoms with Crippen molar-refractivity contribution in [2.45, 2.75) is 6.54 Å². The van der Waals surface area contributed by atoms with Crippen LogP contribution in [-0.4, -0.2) is 53.9 Å². The number of hydrogen-bond donors (Lipinski definition) is 2. The maximum absolute atomic E-state index is 10.2. The summed E-state index contributed by atoms with van der Waals surface area (Å²) < 4.78 is 0. The second kappa shape index (κ2) is 8.83.